The van der Waals surface area contributed by atoms with Crippen LogP contribution in [0.15, 0.2) is 18.2 Å². The summed E-state index contributed by atoms with van der Waals surface area (Å²) < 4.78 is 27.4. The van der Waals surface area contributed by atoms with Gasteiger partial charge in [-0.3, -0.25) is 0 Å². The fraction of sp³-hybridized carbons (Fsp3) is 0.455. The first kappa shape index (κ1) is 15.2. The van der Waals surface area contributed by atoms with Crippen molar-refractivity contribution in [3.8, 4) is 0 Å². The van der Waals surface area contributed by atoms with Crippen molar-refractivity contribution in [3.05, 3.63) is 28.8 Å². The number of rotatable bonds is 6. The molecule has 5 nitrogen and oxygen atoms in total. The Labute approximate surface area is 113 Å². The van der Waals surface area contributed by atoms with Crippen molar-refractivity contribution >= 4 is 27.5 Å². The van der Waals surface area contributed by atoms with Gasteiger partial charge in [-0.15, -0.1) is 0 Å². The van der Waals surface area contributed by atoms with E-state index in [0.29, 0.717) is 22.8 Å². The summed E-state index contributed by atoms with van der Waals surface area (Å²) in [5.41, 5.74) is 6.89. The van der Waals surface area contributed by atoms with E-state index in [2.05, 4.69) is 4.72 Å². The Kier molecular flexibility index (Phi) is 5.40. The molecule has 0 aromatic heterocycles. The Morgan fingerprint density at radius 3 is 2.72 bits per heavy atom. The van der Waals surface area contributed by atoms with Crippen molar-refractivity contribution in [2.75, 3.05) is 19.3 Å². The van der Waals surface area contributed by atoms with E-state index in [1.165, 1.54) is 11.4 Å². The van der Waals surface area contributed by atoms with Crippen LogP contribution >= 0.6 is 11.6 Å². The Hall–Kier alpha value is -0.820. The average Bonchev–Trinajstić information content (AvgIpc) is 2.31. The molecule has 102 valence electrons. The predicted molar refractivity (Wildman–Crippen MR) is 74.5 cm³/mol. The zero-order chi connectivity index (χ0) is 13.8. The van der Waals surface area contributed by atoms with Gasteiger partial charge in [-0.05, 0) is 30.2 Å². The molecule has 18 heavy (non-hydrogen) atoms. The van der Waals surface area contributed by atoms with Crippen LogP contribution < -0.4 is 10.5 Å². The van der Waals surface area contributed by atoms with E-state index in [-0.39, 0.29) is 6.54 Å². The van der Waals surface area contributed by atoms with Gasteiger partial charge in [-0.1, -0.05) is 18.5 Å². The highest BCUT2D eigenvalue weighted by atomic mass is 35.5. The lowest BCUT2D eigenvalue weighted by atomic mass is 10.2. The molecule has 0 fully saturated rings. The van der Waals surface area contributed by atoms with Gasteiger partial charge < -0.3 is 5.73 Å². The number of benzene rings is 1. The maximum Gasteiger partial charge on any atom is 0.279 e. The van der Waals surface area contributed by atoms with E-state index < -0.39 is 10.2 Å². The second-order valence-corrected chi connectivity index (χ2v) is 6.28. The van der Waals surface area contributed by atoms with Crippen LogP contribution in [0.3, 0.4) is 0 Å². The minimum Gasteiger partial charge on any atom is -0.399 e. The lowest BCUT2D eigenvalue weighted by Gasteiger charge is -2.18. The highest BCUT2D eigenvalue weighted by Gasteiger charge is 2.17. The molecular formula is C11H18ClN3O2S. The summed E-state index contributed by atoms with van der Waals surface area (Å²) >= 11 is 6.00. The number of nitrogens with zero attached hydrogens (tertiary/aromatic N) is 1. The molecule has 0 aliphatic carbocycles. The first-order valence-electron chi connectivity index (χ1n) is 5.61. The van der Waals surface area contributed by atoms with Crippen molar-refractivity contribution in [3.63, 3.8) is 0 Å². The number of halogens is 1. The molecule has 0 aliphatic heterocycles. The number of nitrogens with two attached hydrogens (primary N) is 1. The standard InChI is InChI=1S/C11H18ClN3O2S/c1-3-6-14-18(16,17)15(2)8-9-7-10(13)4-5-11(9)12/h4-5,7,14H,3,6,8,13H2,1-2H3. The molecule has 3 N–H and O–H groups in total. The number of anilines is 1. The topological polar surface area (TPSA) is 75.4 Å². The number of hydrogen-bond acceptors (Lipinski definition) is 3. The van der Waals surface area contributed by atoms with Gasteiger partial charge in [-0.2, -0.15) is 12.7 Å². The van der Waals surface area contributed by atoms with Gasteiger partial charge in [0, 0.05) is 30.8 Å². The summed E-state index contributed by atoms with van der Waals surface area (Å²) in [7, 11) is -1.97. The normalized spacial score (nSPS) is 12.0. The molecule has 0 heterocycles. The molecule has 1 aromatic carbocycles. The number of nitrogen functional groups attached to an aromatic ring is 1. The second-order valence-electron chi connectivity index (χ2n) is 4.01. The zero-order valence-electron chi connectivity index (χ0n) is 10.5. The van der Waals surface area contributed by atoms with Crippen LogP contribution in [0.5, 0.6) is 0 Å². The third kappa shape index (κ3) is 4.13. The summed E-state index contributed by atoms with van der Waals surface area (Å²) in [4.78, 5) is 0. The van der Waals surface area contributed by atoms with Gasteiger partial charge in [-0.25, -0.2) is 4.72 Å². The van der Waals surface area contributed by atoms with Gasteiger partial charge in [0.05, 0.1) is 0 Å². The van der Waals surface area contributed by atoms with E-state index in [9.17, 15) is 8.42 Å². The Balaban J connectivity index is 2.81. The summed E-state index contributed by atoms with van der Waals surface area (Å²) in [6.07, 6.45) is 0.742. The van der Waals surface area contributed by atoms with Crippen molar-refractivity contribution in [1.82, 2.24) is 9.03 Å². The van der Waals surface area contributed by atoms with Crippen molar-refractivity contribution in [2.24, 2.45) is 0 Å². The van der Waals surface area contributed by atoms with Crippen molar-refractivity contribution < 1.29 is 8.42 Å². The summed E-state index contributed by atoms with van der Waals surface area (Å²) in [6, 6.07) is 5.01. The number of nitrogens with one attached hydrogen (secondary N) is 1. The van der Waals surface area contributed by atoms with Crippen LogP contribution in [-0.2, 0) is 16.8 Å². The molecule has 0 spiro atoms. The van der Waals surface area contributed by atoms with Crippen LogP contribution in [0.1, 0.15) is 18.9 Å². The fourth-order valence-corrected chi connectivity index (χ4v) is 2.55. The smallest absolute Gasteiger partial charge is 0.279 e. The molecule has 0 unspecified atom stereocenters. The van der Waals surface area contributed by atoms with Gasteiger partial charge in [0.25, 0.3) is 10.2 Å². The van der Waals surface area contributed by atoms with Crippen LogP contribution in [0.2, 0.25) is 5.02 Å². The minimum atomic E-state index is -3.47. The van der Waals surface area contributed by atoms with Crippen molar-refractivity contribution in [2.45, 2.75) is 19.9 Å². The summed E-state index contributed by atoms with van der Waals surface area (Å²) in [5.74, 6) is 0. The Bertz CT molecular complexity index is 505. The molecule has 0 saturated carbocycles. The maximum atomic E-state index is 11.8. The molecular weight excluding hydrogens is 274 g/mol. The SMILES string of the molecule is CCCNS(=O)(=O)N(C)Cc1cc(N)ccc1Cl. The zero-order valence-corrected chi connectivity index (χ0v) is 12.1. The molecule has 0 saturated heterocycles. The lowest BCUT2D eigenvalue weighted by molar-refractivity contribution is 0.455. The second kappa shape index (κ2) is 6.38. The third-order valence-electron chi connectivity index (χ3n) is 2.41. The maximum absolute atomic E-state index is 11.8. The van der Waals surface area contributed by atoms with Gasteiger partial charge in [0.2, 0.25) is 0 Å². The van der Waals surface area contributed by atoms with Crippen LogP contribution in [0, 0.1) is 0 Å². The molecule has 0 bridgehead atoms. The molecule has 1 aromatic rings. The Morgan fingerprint density at radius 1 is 1.44 bits per heavy atom. The first-order chi connectivity index (χ1) is 8.36. The highest BCUT2D eigenvalue weighted by Crippen LogP contribution is 2.20. The fourth-order valence-electron chi connectivity index (χ4n) is 1.38. The van der Waals surface area contributed by atoms with E-state index in [4.69, 9.17) is 17.3 Å². The molecule has 0 atom stereocenters. The summed E-state index contributed by atoms with van der Waals surface area (Å²) in [5, 5.41) is 0.502. The molecule has 7 heteroatoms. The number of hydrogen-bond donors (Lipinski definition) is 2. The van der Waals surface area contributed by atoms with E-state index in [0.717, 1.165) is 6.42 Å². The average molecular weight is 292 g/mol. The van der Waals surface area contributed by atoms with Crippen molar-refractivity contribution in [1.29, 1.82) is 0 Å². The highest BCUT2D eigenvalue weighted by molar-refractivity contribution is 7.87. The van der Waals surface area contributed by atoms with Crippen LogP contribution in [0.25, 0.3) is 0 Å². The van der Waals surface area contributed by atoms with E-state index in [1.54, 1.807) is 18.2 Å². The summed E-state index contributed by atoms with van der Waals surface area (Å²) in [6.45, 7) is 2.50. The van der Waals surface area contributed by atoms with E-state index in [1.807, 2.05) is 6.92 Å². The quantitative estimate of drug-likeness (QED) is 0.782. The third-order valence-corrected chi connectivity index (χ3v) is 4.29. The van der Waals surface area contributed by atoms with Gasteiger partial charge >= 0.3 is 0 Å². The van der Waals surface area contributed by atoms with E-state index >= 15 is 0 Å². The molecule has 1 rings (SSSR count). The minimum absolute atomic E-state index is 0.183. The lowest BCUT2D eigenvalue weighted by Crippen LogP contribution is -2.38. The Morgan fingerprint density at radius 2 is 2.11 bits per heavy atom. The van der Waals surface area contributed by atoms with Gasteiger partial charge in [0.1, 0.15) is 0 Å². The monoisotopic (exact) mass is 291 g/mol. The van der Waals surface area contributed by atoms with Gasteiger partial charge in [0.15, 0.2) is 0 Å². The predicted octanol–water partition coefficient (Wildman–Crippen LogP) is 1.60. The molecule has 0 aliphatic rings. The van der Waals surface area contributed by atoms with Crippen LogP contribution in [-0.4, -0.2) is 26.3 Å². The van der Waals surface area contributed by atoms with Crippen LogP contribution in [0.4, 0.5) is 5.69 Å². The first-order valence-corrected chi connectivity index (χ1v) is 7.43. The molecule has 0 amide bonds. The molecule has 0 radical (unpaired) electrons. The largest absolute Gasteiger partial charge is 0.399 e.